The normalized spacial score (nSPS) is 15.3. The molecule has 90 valence electrons. The second kappa shape index (κ2) is 7.84. The van der Waals surface area contributed by atoms with Crippen LogP contribution in [-0.4, -0.2) is 12.5 Å². The average Bonchev–Trinajstić information content (AvgIpc) is 2.15. The van der Waals surface area contributed by atoms with Crippen LogP contribution in [0.15, 0.2) is 0 Å². The Morgan fingerprint density at radius 3 is 2.27 bits per heavy atom. The summed E-state index contributed by atoms with van der Waals surface area (Å²) in [6.07, 6.45) is 3.73. The summed E-state index contributed by atoms with van der Waals surface area (Å²) in [7, 11) is 0. The van der Waals surface area contributed by atoms with Gasteiger partial charge in [0, 0.05) is 6.42 Å². The van der Waals surface area contributed by atoms with Crippen LogP contribution in [0.1, 0.15) is 53.4 Å². The minimum absolute atomic E-state index is 0.0611. The molecule has 0 rings (SSSR count). The molecule has 0 aromatic carbocycles. The molecule has 2 unspecified atom stereocenters. The summed E-state index contributed by atoms with van der Waals surface area (Å²) >= 11 is 0. The highest BCUT2D eigenvalue weighted by atomic mass is 19.1. The molecule has 0 aliphatic carbocycles. The highest BCUT2D eigenvalue weighted by Gasteiger charge is 2.25. The first-order valence-electron chi connectivity index (χ1n) is 6.08. The molecule has 0 bridgehead atoms. The summed E-state index contributed by atoms with van der Waals surface area (Å²) in [4.78, 5) is 11.0. The van der Waals surface area contributed by atoms with E-state index in [4.69, 9.17) is 0 Å². The summed E-state index contributed by atoms with van der Waals surface area (Å²) in [6, 6.07) is 0. The zero-order valence-corrected chi connectivity index (χ0v) is 10.6. The lowest BCUT2D eigenvalue weighted by Gasteiger charge is -2.27. The number of unbranched alkanes of at least 4 members (excludes halogenated alkanes) is 1. The molecule has 15 heavy (non-hydrogen) atoms. The van der Waals surface area contributed by atoms with Gasteiger partial charge in [-0.2, -0.15) is 0 Å². The van der Waals surface area contributed by atoms with E-state index in [1.54, 1.807) is 6.92 Å². The molecule has 0 fully saturated rings. The molecule has 2 atom stereocenters. The van der Waals surface area contributed by atoms with Crippen LogP contribution >= 0.6 is 0 Å². The zero-order chi connectivity index (χ0) is 11.8. The van der Waals surface area contributed by atoms with Gasteiger partial charge in [0.1, 0.15) is 5.78 Å². The minimum Gasteiger partial charge on any atom is -0.300 e. The van der Waals surface area contributed by atoms with Gasteiger partial charge >= 0.3 is 0 Å². The largest absolute Gasteiger partial charge is 0.300 e. The van der Waals surface area contributed by atoms with Crippen LogP contribution < -0.4 is 0 Å². The fourth-order valence-electron chi connectivity index (χ4n) is 2.24. The quantitative estimate of drug-likeness (QED) is 0.599. The Hall–Kier alpha value is -0.400. The Balaban J connectivity index is 4.33. The maximum Gasteiger partial charge on any atom is 0.130 e. The van der Waals surface area contributed by atoms with Crippen molar-refractivity contribution >= 4 is 5.78 Å². The second-order valence-corrected chi connectivity index (χ2v) is 4.87. The van der Waals surface area contributed by atoms with E-state index in [9.17, 15) is 9.18 Å². The van der Waals surface area contributed by atoms with Gasteiger partial charge in [-0.1, -0.05) is 33.6 Å². The van der Waals surface area contributed by atoms with Gasteiger partial charge in [-0.25, -0.2) is 0 Å². The Labute approximate surface area is 93.4 Å². The molecular formula is C13H25FO. The van der Waals surface area contributed by atoms with Gasteiger partial charge in [-0.3, -0.25) is 4.39 Å². The van der Waals surface area contributed by atoms with Gasteiger partial charge < -0.3 is 4.79 Å². The number of hydrogen-bond acceptors (Lipinski definition) is 1. The molecule has 0 spiro atoms. The molecule has 0 aliphatic rings. The predicted molar refractivity (Wildman–Crippen MR) is 62.6 cm³/mol. The van der Waals surface area contributed by atoms with Crippen LogP contribution in [0, 0.1) is 17.8 Å². The molecule has 0 N–H and O–H groups in total. The van der Waals surface area contributed by atoms with E-state index in [0.29, 0.717) is 18.3 Å². The van der Waals surface area contributed by atoms with Gasteiger partial charge in [-0.15, -0.1) is 0 Å². The Morgan fingerprint density at radius 2 is 1.93 bits per heavy atom. The molecule has 0 aromatic rings. The monoisotopic (exact) mass is 216 g/mol. The van der Waals surface area contributed by atoms with Crippen LogP contribution in [0.25, 0.3) is 0 Å². The summed E-state index contributed by atoms with van der Waals surface area (Å²) < 4.78 is 12.9. The van der Waals surface area contributed by atoms with Crippen molar-refractivity contribution in [2.24, 2.45) is 17.8 Å². The number of hydrogen-bond donors (Lipinski definition) is 0. The molecule has 0 saturated heterocycles. The van der Waals surface area contributed by atoms with Crippen LogP contribution in [0.2, 0.25) is 0 Å². The maximum absolute atomic E-state index is 12.9. The number of alkyl halides is 1. The van der Waals surface area contributed by atoms with E-state index in [-0.39, 0.29) is 18.4 Å². The Morgan fingerprint density at radius 1 is 1.33 bits per heavy atom. The Kier molecular flexibility index (Phi) is 7.63. The van der Waals surface area contributed by atoms with Crippen molar-refractivity contribution in [2.45, 2.75) is 53.4 Å². The van der Waals surface area contributed by atoms with E-state index in [1.807, 2.05) is 0 Å². The first kappa shape index (κ1) is 14.6. The molecule has 0 radical (unpaired) electrons. The van der Waals surface area contributed by atoms with Crippen molar-refractivity contribution in [1.82, 2.24) is 0 Å². The smallest absolute Gasteiger partial charge is 0.130 e. The molecule has 0 aliphatic heterocycles. The number of rotatable bonds is 8. The molecule has 0 heterocycles. The van der Waals surface area contributed by atoms with E-state index in [1.165, 1.54) is 0 Å². The summed E-state index contributed by atoms with van der Waals surface area (Å²) in [5.74, 6) is 0.879. The van der Waals surface area contributed by atoms with E-state index in [2.05, 4.69) is 20.8 Å². The van der Waals surface area contributed by atoms with Crippen LogP contribution in [0.5, 0.6) is 0 Å². The van der Waals surface area contributed by atoms with Crippen LogP contribution in [0.4, 0.5) is 4.39 Å². The fraction of sp³-hybridized carbons (Fsp3) is 0.923. The fourth-order valence-corrected chi connectivity index (χ4v) is 2.24. The lowest BCUT2D eigenvalue weighted by Crippen LogP contribution is -2.24. The van der Waals surface area contributed by atoms with Crippen molar-refractivity contribution in [1.29, 1.82) is 0 Å². The predicted octanol–water partition coefficient (Wildman–Crippen LogP) is 4.01. The second-order valence-electron chi connectivity index (χ2n) is 4.87. The lowest BCUT2D eigenvalue weighted by molar-refractivity contribution is -0.118. The van der Waals surface area contributed by atoms with Crippen molar-refractivity contribution < 1.29 is 9.18 Å². The number of carbonyl (C=O) groups is 1. The van der Waals surface area contributed by atoms with Crippen LogP contribution in [0.3, 0.4) is 0 Å². The SMILES string of the molecule is CCCCC(C(C)C)C(CF)CC(C)=O. The molecule has 2 heteroatoms. The van der Waals surface area contributed by atoms with E-state index < -0.39 is 0 Å². The maximum atomic E-state index is 12.9. The average molecular weight is 216 g/mol. The van der Waals surface area contributed by atoms with Crippen molar-refractivity contribution in [2.75, 3.05) is 6.67 Å². The number of ketones is 1. The van der Waals surface area contributed by atoms with Gasteiger partial charge in [0.05, 0.1) is 6.67 Å². The van der Waals surface area contributed by atoms with Crippen molar-refractivity contribution in [3.63, 3.8) is 0 Å². The molecule has 1 nitrogen and oxygen atoms in total. The Bertz CT molecular complexity index is 177. The molecule has 0 saturated carbocycles. The summed E-state index contributed by atoms with van der Waals surface area (Å²) in [5, 5.41) is 0. The van der Waals surface area contributed by atoms with Gasteiger partial charge in [0.25, 0.3) is 0 Å². The molecule has 0 aromatic heterocycles. The van der Waals surface area contributed by atoms with Crippen LogP contribution in [-0.2, 0) is 4.79 Å². The standard InChI is InChI=1S/C13H25FO/c1-5-6-7-13(10(2)3)12(9-14)8-11(4)15/h10,12-13H,5-9H2,1-4H3. The van der Waals surface area contributed by atoms with Crippen molar-refractivity contribution in [3.8, 4) is 0 Å². The third-order valence-electron chi connectivity index (χ3n) is 3.10. The third kappa shape index (κ3) is 5.91. The van der Waals surface area contributed by atoms with E-state index >= 15 is 0 Å². The van der Waals surface area contributed by atoms with Gasteiger partial charge in [0.15, 0.2) is 0 Å². The number of halogens is 1. The number of carbonyl (C=O) groups excluding carboxylic acids is 1. The van der Waals surface area contributed by atoms with Gasteiger partial charge in [-0.05, 0) is 31.1 Å². The topological polar surface area (TPSA) is 17.1 Å². The third-order valence-corrected chi connectivity index (χ3v) is 3.10. The van der Waals surface area contributed by atoms with Crippen molar-refractivity contribution in [3.05, 3.63) is 0 Å². The first-order chi connectivity index (χ1) is 7.02. The molecule has 0 amide bonds. The first-order valence-corrected chi connectivity index (χ1v) is 6.08. The zero-order valence-electron chi connectivity index (χ0n) is 10.6. The minimum atomic E-state index is -0.355. The summed E-state index contributed by atoms with van der Waals surface area (Å²) in [6.45, 7) is 7.60. The highest BCUT2D eigenvalue weighted by molar-refractivity contribution is 5.75. The highest BCUT2D eigenvalue weighted by Crippen LogP contribution is 2.29. The lowest BCUT2D eigenvalue weighted by atomic mass is 9.78. The van der Waals surface area contributed by atoms with E-state index in [0.717, 1.165) is 19.3 Å². The molecular weight excluding hydrogens is 191 g/mol. The summed E-state index contributed by atoms with van der Waals surface area (Å²) in [5.41, 5.74) is 0. The van der Waals surface area contributed by atoms with Gasteiger partial charge in [0.2, 0.25) is 0 Å². The number of Topliss-reactive ketones (excluding diaryl/α,β-unsaturated/α-hetero) is 1.